The van der Waals surface area contributed by atoms with E-state index in [0.717, 1.165) is 11.1 Å². The number of aromatic hydroxyl groups is 1. The first-order chi connectivity index (χ1) is 10.8. The minimum atomic E-state index is -3.71. The van der Waals surface area contributed by atoms with Crippen molar-refractivity contribution in [2.75, 3.05) is 10.8 Å². The highest BCUT2D eigenvalue weighted by Gasteiger charge is 2.24. The molecule has 2 aromatic rings. The van der Waals surface area contributed by atoms with Crippen LogP contribution in [0.25, 0.3) is 0 Å². The maximum atomic E-state index is 13.0. The second kappa shape index (κ2) is 6.87. The lowest BCUT2D eigenvalue weighted by Gasteiger charge is -2.23. The molecule has 2 aromatic carbocycles. The summed E-state index contributed by atoms with van der Waals surface area (Å²) >= 11 is 0. The van der Waals surface area contributed by atoms with Crippen LogP contribution in [0.15, 0.2) is 65.1 Å². The van der Waals surface area contributed by atoms with Crippen molar-refractivity contribution in [3.05, 3.63) is 65.7 Å². The van der Waals surface area contributed by atoms with Gasteiger partial charge in [0.1, 0.15) is 5.75 Å². The highest BCUT2D eigenvalue weighted by molar-refractivity contribution is 7.92. The van der Waals surface area contributed by atoms with Gasteiger partial charge in [0.15, 0.2) is 0 Å². The average molecular weight is 331 g/mol. The third-order valence-electron chi connectivity index (χ3n) is 3.39. The van der Waals surface area contributed by atoms with E-state index in [9.17, 15) is 13.5 Å². The monoisotopic (exact) mass is 331 g/mol. The Kier molecular flexibility index (Phi) is 5.11. The summed E-state index contributed by atoms with van der Waals surface area (Å²) in [5, 5.41) is 9.68. The number of aryl methyl sites for hydroxylation is 1. The molecule has 5 heteroatoms. The van der Waals surface area contributed by atoms with E-state index in [1.165, 1.54) is 16.4 Å². The number of benzene rings is 2. The summed E-state index contributed by atoms with van der Waals surface area (Å²) in [6.45, 7) is 5.95. The van der Waals surface area contributed by atoms with Crippen molar-refractivity contribution in [1.29, 1.82) is 0 Å². The van der Waals surface area contributed by atoms with Crippen LogP contribution in [0.4, 0.5) is 5.69 Å². The van der Waals surface area contributed by atoms with E-state index in [-0.39, 0.29) is 17.2 Å². The maximum Gasteiger partial charge on any atom is 0.264 e. The van der Waals surface area contributed by atoms with Crippen LogP contribution in [0.2, 0.25) is 0 Å². The standard InChI is InChI=1S/C18H21NO3S/c1-14(2)11-12-19(16-5-4-6-17(20)13-16)23(21,22)18-9-7-15(3)8-10-18/h4-11,13,20H,12H2,1-3H3. The third kappa shape index (κ3) is 4.13. The van der Waals surface area contributed by atoms with Crippen LogP contribution >= 0.6 is 0 Å². The van der Waals surface area contributed by atoms with E-state index in [4.69, 9.17) is 0 Å². The minimum absolute atomic E-state index is 0.0313. The Labute approximate surface area is 137 Å². The summed E-state index contributed by atoms with van der Waals surface area (Å²) in [5.41, 5.74) is 2.45. The summed E-state index contributed by atoms with van der Waals surface area (Å²) in [5.74, 6) is 0.0313. The number of allylic oxidation sites excluding steroid dienone is 1. The maximum absolute atomic E-state index is 13.0. The van der Waals surface area contributed by atoms with Crippen molar-refractivity contribution < 1.29 is 13.5 Å². The molecule has 0 unspecified atom stereocenters. The molecule has 0 heterocycles. The van der Waals surface area contributed by atoms with Crippen LogP contribution in [0.3, 0.4) is 0 Å². The van der Waals surface area contributed by atoms with Gasteiger partial charge < -0.3 is 5.11 Å². The Morgan fingerprint density at radius 3 is 2.35 bits per heavy atom. The molecule has 122 valence electrons. The molecule has 1 N–H and O–H groups in total. The largest absolute Gasteiger partial charge is 0.508 e. The zero-order chi connectivity index (χ0) is 17.0. The SMILES string of the molecule is CC(C)=CCN(c1cccc(O)c1)S(=O)(=O)c1ccc(C)cc1. The summed E-state index contributed by atoms with van der Waals surface area (Å²) in [6.07, 6.45) is 1.84. The number of sulfonamides is 1. The quantitative estimate of drug-likeness (QED) is 0.846. The minimum Gasteiger partial charge on any atom is -0.508 e. The lowest BCUT2D eigenvalue weighted by molar-refractivity contribution is 0.475. The molecule has 0 bridgehead atoms. The highest BCUT2D eigenvalue weighted by Crippen LogP contribution is 2.26. The molecule has 23 heavy (non-hydrogen) atoms. The second-order valence-corrected chi connectivity index (χ2v) is 7.51. The number of hydrogen-bond donors (Lipinski definition) is 1. The summed E-state index contributed by atoms with van der Waals surface area (Å²) < 4.78 is 27.3. The molecule has 0 aliphatic rings. The normalized spacial score (nSPS) is 11.1. The van der Waals surface area contributed by atoms with Gasteiger partial charge in [-0.2, -0.15) is 0 Å². The van der Waals surface area contributed by atoms with Crippen molar-refractivity contribution in [1.82, 2.24) is 0 Å². The molecular formula is C18H21NO3S. The first-order valence-corrected chi connectivity index (χ1v) is 8.76. The van der Waals surface area contributed by atoms with Crippen molar-refractivity contribution >= 4 is 15.7 Å². The predicted molar refractivity (Wildman–Crippen MR) is 93.2 cm³/mol. The lowest BCUT2D eigenvalue weighted by atomic mass is 10.2. The Balaban J connectivity index is 2.51. The van der Waals surface area contributed by atoms with Crippen molar-refractivity contribution in [3.8, 4) is 5.75 Å². The predicted octanol–water partition coefficient (Wildman–Crippen LogP) is 3.86. The van der Waals surface area contributed by atoms with Gasteiger partial charge in [0.05, 0.1) is 17.1 Å². The van der Waals surface area contributed by atoms with Gasteiger partial charge in [-0.1, -0.05) is 35.4 Å². The fraction of sp³-hybridized carbons (Fsp3) is 0.222. The average Bonchev–Trinajstić information content (AvgIpc) is 2.47. The molecule has 0 saturated carbocycles. The number of rotatable bonds is 5. The molecule has 0 atom stereocenters. The van der Waals surface area contributed by atoms with Gasteiger partial charge in [-0.15, -0.1) is 0 Å². The first-order valence-electron chi connectivity index (χ1n) is 7.32. The first kappa shape index (κ1) is 17.1. The molecule has 0 fully saturated rings. The molecule has 4 nitrogen and oxygen atoms in total. The summed E-state index contributed by atoms with van der Waals surface area (Å²) in [4.78, 5) is 0.230. The van der Waals surface area contributed by atoms with E-state index in [1.54, 1.807) is 36.4 Å². The Morgan fingerprint density at radius 2 is 1.78 bits per heavy atom. The van der Waals surface area contributed by atoms with Crippen molar-refractivity contribution in [2.24, 2.45) is 0 Å². The van der Waals surface area contributed by atoms with Crippen molar-refractivity contribution in [3.63, 3.8) is 0 Å². The zero-order valence-electron chi connectivity index (χ0n) is 13.5. The molecule has 0 saturated heterocycles. The van der Waals surface area contributed by atoms with Gasteiger partial charge in [-0.3, -0.25) is 4.31 Å². The van der Waals surface area contributed by atoms with E-state index in [0.29, 0.717) is 5.69 Å². The topological polar surface area (TPSA) is 57.6 Å². The molecule has 0 aliphatic heterocycles. The molecule has 0 amide bonds. The lowest BCUT2D eigenvalue weighted by Crippen LogP contribution is -2.31. The molecule has 0 radical (unpaired) electrons. The Bertz CT molecular complexity index is 804. The smallest absolute Gasteiger partial charge is 0.264 e. The number of nitrogens with zero attached hydrogens (tertiary/aromatic N) is 1. The number of phenols is 1. The van der Waals surface area contributed by atoms with Crippen LogP contribution in [0, 0.1) is 6.92 Å². The van der Waals surface area contributed by atoms with Crippen LogP contribution in [0.5, 0.6) is 5.75 Å². The molecule has 0 spiro atoms. The Hall–Kier alpha value is -2.27. The van der Waals surface area contributed by atoms with Crippen molar-refractivity contribution in [2.45, 2.75) is 25.7 Å². The summed E-state index contributed by atoms with van der Waals surface area (Å²) in [7, 11) is -3.71. The van der Waals surface area contributed by atoms with Crippen LogP contribution in [-0.4, -0.2) is 20.1 Å². The van der Waals surface area contributed by atoms with E-state index in [2.05, 4.69) is 0 Å². The molecule has 0 aromatic heterocycles. The van der Waals surface area contributed by atoms with Gasteiger partial charge >= 0.3 is 0 Å². The van der Waals surface area contributed by atoms with Gasteiger partial charge in [-0.05, 0) is 45.0 Å². The van der Waals surface area contributed by atoms with Crippen LogP contribution < -0.4 is 4.31 Å². The molecule has 0 aliphatic carbocycles. The van der Waals surface area contributed by atoms with Gasteiger partial charge in [0, 0.05) is 6.07 Å². The van der Waals surface area contributed by atoms with E-state index < -0.39 is 10.0 Å². The highest BCUT2D eigenvalue weighted by atomic mass is 32.2. The number of hydrogen-bond acceptors (Lipinski definition) is 3. The number of phenolic OH excluding ortho intramolecular Hbond substituents is 1. The second-order valence-electron chi connectivity index (χ2n) is 5.65. The van der Waals surface area contributed by atoms with Crippen LogP contribution in [-0.2, 0) is 10.0 Å². The zero-order valence-corrected chi connectivity index (χ0v) is 14.3. The molecule has 2 rings (SSSR count). The fourth-order valence-corrected chi connectivity index (χ4v) is 3.49. The van der Waals surface area contributed by atoms with Gasteiger partial charge in [-0.25, -0.2) is 8.42 Å². The van der Waals surface area contributed by atoms with Gasteiger partial charge in [0.25, 0.3) is 10.0 Å². The summed E-state index contributed by atoms with van der Waals surface area (Å²) in [6, 6.07) is 13.0. The van der Waals surface area contributed by atoms with Crippen LogP contribution in [0.1, 0.15) is 19.4 Å². The van der Waals surface area contributed by atoms with E-state index >= 15 is 0 Å². The van der Waals surface area contributed by atoms with Gasteiger partial charge in [0.2, 0.25) is 0 Å². The number of anilines is 1. The van der Waals surface area contributed by atoms with E-state index in [1.807, 2.05) is 26.8 Å². The Morgan fingerprint density at radius 1 is 1.13 bits per heavy atom. The molecular weight excluding hydrogens is 310 g/mol. The third-order valence-corrected chi connectivity index (χ3v) is 5.20. The fourth-order valence-electron chi connectivity index (χ4n) is 2.09.